The van der Waals surface area contributed by atoms with Gasteiger partial charge in [0.05, 0.1) is 5.69 Å². The molecule has 0 saturated heterocycles. The van der Waals surface area contributed by atoms with Crippen molar-refractivity contribution in [3.63, 3.8) is 0 Å². The fourth-order valence-electron chi connectivity index (χ4n) is 1.63. The van der Waals surface area contributed by atoms with Crippen molar-refractivity contribution in [2.75, 3.05) is 6.26 Å². The minimum absolute atomic E-state index is 0.411. The molecule has 0 atom stereocenters. The molecular weight excluding hydrogens is 232 g/mol. The Morgan fingerprint density at radius 3 is 2.88 bits per heavy atom. The van der Waals surface area contributed by atoms with Gasteiger partial charge in [-0.3, -0.25) is 0 Å². The number of carbonyl (C=O) groups is 1. The SMILES string of the molecule is CSc1nccc(-c2ccccc2CC=O)n1. The Morgan fingerprint density at radius 1 is 1.29 bits per heavy atom. The summed E-state index contributed by atoms with van der Waals surface area (Å²) in [6.45, 7) is 0. The van der Waals surface area contributed by atoms with E-state index in [2.05, 4.69) is 9.97 Å². The van der Waals surface area contributed by atoms with Crippen molar-refractivity contribution in [1.82, 2.24) is 9.97 Å². The Balaban J connectivity index is 2.47. The van der Waals surface area contributed by atoms with Crippen LogP contribution >= 0.6 is 11.8 Å². The number of rotatable bonds is 4. The first kappa shape index (κ1) is 11.8. The van der Waals surface area contributed by atoms with Gasteiger partial charge >= 0.3 is 0 Å². The van der Waals surface area contributed by atoms with Crippen molar-refractivity contribution in [2.45, 2.75) is 11.6 Å². The van der Waals surface area contributed by atoms with E-state index in [0.717, 1.165) is 28.3 Å². The third-order valence-corrected chi connectivity index (χ3v) is 2.97. The van der Waals surface area contributed by atoms with Crippen LogP contribution in [0.25, 0.3) is 11.3 Å². The first-order chi connectivity index (χ1) is 8.35. The smallest absolute Gasteiger partial charge is 0.187 e. The average molecular weight is 244 g/mol. The summed E-state index contributed by atoms with van der Waals surface area (Å²) in [5.41, 5.74) is 2.85. The molecule has 86 valence electrons. The molecular formula is C13H12N2OS. The zero-order chi connectivity index (χ0) is 12.1. The second-order valence-electron chi connectivity index (χ2n) is 3.46. The molecule has 3 nitrogen and oxygen atoms in total. The number of nitrogens with zero attached hydrogens (tertiary/aromatic N) is 2. The minimum Gasteiger partial charge on any atom is -0.303 e. The van der Waals surface area contributed by atoms with Crippen LogP contribution in [0.2, 0.25) is 0 Å². The lowest BCUT2D eigenvalue weighted by atomic mass is 10.0. The molecule has 0 bridgehead atoms. The van der Waals surface area contributed by atoms with E-state index in [4.69, 9.17) is 0 Å². The summed E-state index contributed by atoms with van der Waals surface area (Å²) in [4.78, 5) is 19.2. The lowest BCUT2D eigenvalue weighted by molar-refractivity contribution is -0.107. The van der Waals surface area contributed by atoms with E-state index in [1.807, 2.05) is 36.6 Å². The molecule has 0 aliphatic rings. The molecule has 0 saturated carbocycles. The lowest BCUT2D eigenvalue weighted by Gasteiger charge is -2.06. The zero-order valence-electron chi connectivity index (χ0n) is 9.46. The molecule has 0 unspecified atom stereocenters. The van der Waals surface area contributed by atoms with E-state index < -0.39 is 0 Å². The number of aldehydes is 1. The normalized spacial score (nSPS) is 10.2. The molecule has 1 aromatic heterocycles. The molecule has 0 fully saturated rings. The van der Waals surface area contributed by atoms with Crippen LogP contribution in [0.3, 0.4) is 0 Å². The number of hydrogen-bond donors (Lipinski definition) is 0. The van der Waals surface area contributed by atoms with Gasteiger partial charge in [-0.2, -0.15) is 0 Å². The van der Waals surface area contributed by atoms with E-state index in [0.29, 0.717) is 6.42 Å². The maximum atomic E-state index is 10.6. The second kappa shape index (κ2) is 5.59. The fraction of sp³-hybridized carbons (Fsp3) is 0.154. The summed E-state index contributed by atoms with van der Waals surface area (Å²) in [5.74, 6) is 0. The van der Waals surface area contributed by atoms with Crippen LogP contribution in [0, 0.1) is 0 Å². The fourth-order valence-corrected chi connectivity index (χ4v) is 1.98. The summed E-state index contributed by atoms with van der Waals surface area (Å²) >= 11 is 1.51. The van der Waals surface area contributed by atoms with E-state index in [1.54, 1.807) is 6.20 Å². The predicted octanol–water partition coefficient (Wildman–Crippen LogP) is 2.61. The molecule has 2 rings (SSSR count). The highest BCUT2D eigenvalue weighted by atomic mass is 32.2. The van der Waals surface area contributed by atoms with Crippen LogP contribution < -0.4 is 0 Å². The van der Waals surface area contributed by atoms with Gasteiger partial charge in [0.25, 0.3) is 0 Å². The first-order valence-electron chi connectivity index (χ1n) is 5.24. The summed E-state index contributed by atoms with van der Waals surface area (Å²) in [7, 11) is 0. The maximum absolute atomic E-state index is 10.6. The number of benzene rings is 1. The summed E-state index contributed by atoms with van der Waals surface area (Å²) in [5, 5.41) is 0.739. The largest absolute Gasteiger partial charge is 0.303 e. The average Bonchev–Trinajstić information content (AvgIpc) is 2.40. The van der Waals surface area contributed by atoms with Gasteiger partial charge in [0.1, 0.15) is 6.29 Å². The van der Waals surface area contributed by atoms with E-state index in [1.165, 1.54) is 11.8 Å². The quantitative estimate of drug-likeness (QED) is 0.471. The van der Waals surface area contributed by atoms with Crippen molar-refractivity contribution in [3.05, 3.63) is 42.1 Å². The number of hydrogen-bond acceptors (Lipinski definition) is 4. The zero-order valence-corrected chi connectivity index (χ0v) is 10.3. The number of thioether (sulfide) groups is 1. The summed E-state index contributed by atoms with van der Waals surface area (Å²) in [6, 6.07) is 9.67. The van der Waals surface area contributed by atoms with Gasteiger partial charge in [0.2, 0.25) is 0 Å². The van der Waals surface area contributed by atoms with Crippen LogP contribution in [-0.4, -0.2) is 22.5 Å². The second-order valence-corrected chi connectivity index (χ2v) is 4.23. The lowest BCUT2D eigenvalue weighted by Crippen LogP contribution is -1.94. The minimum atomic E-state index is 0.411. The van der Waals surface area contributed by atoms with E-state index in [9.17, 15) is 4.79 Å². The van der Waals surface area contributed by atoms with Crippen LogP contribution in [0.4, 0.5) is 0 Å². The molecule has 0 amide bonds. The van der Waals surface area contributed by atoms with Gasteiger partial charge in [-0.1, -0.05) is 36.0 Å². The van der Waals surface area contributed by atoms with Gasteiger partial charge in [-0.05, 0) is 17.9 Å². The summed E-state index contributed by atoms with van der Waals surface area (Å²) in [6.07, 6.45) is 5.01. The first-order valence-corrected chi connectivity index (χ1v) is 6.46. The third-order valence-electron chi connectivity index (χ3n) is 2.41. The van der Waals surface area contributed by atoms with Crippen molar-refractivity contribution in [2.24, 2.45) is 0 Å². The number of aromatic nitrogens is 2. The van der Waals surface area contributed by atoms with Gasteiger partial charge in [0, 0.05) is 18.2 Å². The maximum Gasteiger partial charge on any atom is 0.187 e. The molecule has 0 spiro atoms. The van der Waals surface area contributed by atoms with E-state index in [-0.39, 0.29) is 0 Å². The highest BCUT2D eigenvalue weighted by molar-refractivity contribution is 7.98. The molecule has 1 heterocycles. The highest BCUT2D eigenvalue weighted by Crippen LogP contribution is 2.23. The van der Waals surface area contributed by atoms with Gasteiger partial charge in [-0.25, -0.2) is 9.97 Å². The molecule has 0 radical (unpaired) electrons. The van der Waals surface area contributed by atoms with Crippen molar-refractivity contribution >= 4 is 18.0 Å². The Bertz CT molecular complexity index is 528. The van der Waals surface area contributed by atoms with Crippen LogP contribution in [0.1, 0.15) is 5.56 Å². The standard InChI is InChI=1S/C13H12N2OS/c1-17-13-14-8-6-12(15-13)11-5-3-2-4-10(11)7-9-16/h2-6,8-9H,7H2,1H3. The molecule has 4 heteroatoms. The van der Waals surface area contributed by atoms with Gasteiger partial charge in [0.15, 0.2) is 5.16 Å². The van der Waals surface area contributed by atoms with Gasteiger partial charge in [-0.15, -0.1) is 0 Å². The molecule has 0 aliphatic carbocycles. The van der Waals surface area contributed by atoms with Crippen LogP contribution in [-0.2, 0) is 11.2 Å². The molecule has 1 aromatic carbocycles. The van der Waals surface area contributed by atoms with Crippen LogP contribution in [0.15, 0.2) is 41.7 Å². The van der Waals surface area contributed by atoms with E-state index >= 15 is 0 Å². The van der Waals surface area contributed by atoms with Crippen molar-refractivity contribution in [1.29, 1.82) is 0 Å². The topological polar surface area (TPSA) is 42.9 Å². The Labute approximate surface area is 104 Å². The highest BCUT2D eigenvalue weighted by Gasteiger charge is 2.06. The molecule has 17 heavy (non-hydrogen) atoms. The molecule has 0 N–H and O–H groups in total. The van der Waals surface area contributed by atoms with Gasteiger partial charge < -0.3 is 4.79 Å². The van der Waals surface area contributed by atoms with Crippen molar-refractivity contribution in [3.8, 4) is 11.3 Å². The van der Waals surface area contributed by atoms with Crippen LogP contribution in [0.5, 0.6) is 0 Å². The summed E-state index contributed by atoms with van der Waals surface area (Å²) < 4.78 is 0. The monoisotopic (exact) mass is 244 g/mol. The Hall–Kier alpha value is -1.68. The third kappa shape index (κ3) is 2.71. The predicted molar refractivity (Wildman–Crippen MR) is 69.0 cm³/mol. The number of carbonyl (C=O) groups excluding carboxylic acids is 1. The Kier molecular flexibility index (Phi) is 3.88. The molecule has 2 aromatic rings. The molecule has 0 aliphatic heterocycles. The van der Waals surface area contributed by atoms with Crippen molar-refractivity contribution < 1.29 is 4.79 Å². The Morgan fingerprint density at radius 2 is 2.12 bits per heavy atom.